The lowest BCUT2D eigenvalue weighted by atomic mass is 9.90. The van der Waals surface area contributed by atoms with E-state index >= 15 is 0 Å². The molecule has 7 nitrogen and oxygen atoms in total. The number of rotatable bonds is 2. The molecule has 2 fully saturated rings. The second kappa shape index (κ2) is 6.14. The number of para-hydroxylation sites is 1. The van der Waals surface area contributed by atoms with Crippen LogP contribution in [0.2, 0.25) is 0 Å². The van der Waals surface area contributed by atoms with Gasteiger partial charge in [0.15, 0.2) is 17.3 Å². The Morgan fingerprint density at radius 3 is 2.96 bits per heavy atom. The average molecular weight is 334 g/mol. The number of carbonyl (C=O) groups is 1. The lowest BCUT2D eigenvalue weighted by Crippen LogP contribution is -2.49. The molecule has 1 N–H and O–H groups in total. The van der Waals surface area contributed by atoms with Crippen LogP contribution in [0.4, 0.5) is 10.5 Å². The molecule has 0 spiro atoms. The van der Waals surface area contributed by atoms with Gasteiger partial charge in [-0.1, -0.05) is 6.07 Å². The van der Waals surface area contributed by atoms with Crippen molar-refractivity contribution in [2.45, 2.75) is 25.6 Å². The van der Waals surface area contributed by atoms with Gasteiger partial charge in [0, 0.05) is 19.0 Å². The first kappa shape index (κ1) is 15.5. The van der Waals surface area contributed by atoms with Crippen molar-refractivity contribution in [3.05, 3.63) is 18.2 Å². The Kier molecular flexibility index (Phi) is 3.97. The molecule has 3 aliphatic heterocycles. The van der Waals surface area contributed by atoms with Crippen molar-refractivity contribution in [1.29, 1.82) is 0 Å². The minimum absolute atomic E-state index is 0.134. The third-order valence-electron chi connectivity index (χ3n) is 4.95. The van der Waals surface area contributed by atoms with E-state index in [1.807, 2.05) is 30.0 Å². The number of urea groups is 1. The maximum atomic E-state index is 12.7. The zero-order valence-corrected chi connectivity index (χ0v) is 13.7. The summed E-state index contributed by atoms with van der Waals surface area (Å²) in [5, 5.41) is 2.94. The summed E-state index contributed by atoms with van der Waals surface area (Å²) in [6, 6.07) is 5.34. The Labute approximate surface area is 140 Å². The van der Waals surface area contributed by atoms with Gasteiger partial charge in [-0.3, -0.25) is 0 Å². The Bertz CT molecular complexity index is 629. The van der Waals surface area contributed by atoms with E-state index < -0.39 is 5.79 Å². The minimum Gasteiger partial charge on any atom is -0.454 e. The summed E-state index contributed by atoms with van der Waals surface area (Å²) < 4.78 is 22.3. The summed E-state index contributed by atoms with van der Waals surface area (Å²) in [6.07, 6.45) is 1.94. The van der Waals surface area contributed by atoms with Gasteiger partial charge >= 0.3 is 6.03 Å². The van der Waals surface area contributed by atoms with Crippen LogP contribution >= 0.6 is 0 Å². The molecule has 0 aromatic heterocycles. The molecule has 1 aromatic carbocycles. The number of ether oxygens (including phenoxy) is 4. The molecule has 0 radical (unpaired) electrons. The van der Waals surface area contributed by atoms with E-state index in [1.54, 1.807) is 0 Å². The number of benzene rings is 1. The summed E-state index contributed by atoms with van der Waals surface area (Å²) in [4.78, 5) is 14.5. The fraction of sp³-hybridized carbons (Fsp3) is 0.588. The minimum atomic E-state index is -0.579. The summed E-state index contributed by atoms with van der Waals surface area (Å²) >= 11 is 0. The molecule has 2 saturated heterocycles. The molecule has 0 aliphatic carbocycles. The van der Waals surface area contributed by atoms with Crippen LogP contribution in [0.1, 0.15) is 19.8 Å². The number of nitrogens with zero attached hydrogens (tertiary/aromatic N) is 1. The molecular formula is C17H22N2O5. The maximum absolute atomic E-state index is 12.7. The molecular weight excluding hydrogens is 312 g/mol. The molecule has 0 unspecified atom stereocenters. The highest BCUT2D eigenvalue weighted by molar-refractivity contribution is 5.91. The predicted octanol–water partition coefficient (Wildman–Crippen LogP) is 2.42. The average Bonchev–Trinajstić information content (AvgIpc) is 3.25. The SMILES string of the molecule is CC1([C@H]2CCCN(C(=O)Nc3cccc4c3OCO4)C2)OCCO1. The summed E-state index contributed by atoms with van der Waals surface area (Å²) in [5.41, 5.74) is 0.636. The standard InChI is InChI=1S/C17H22N2O5/c1-17(23-8-9-24-17)12-4-3-7-19(10-12)16(20)18-13-5-2-6-14-15(13)22-11-21-14/h2,5-6,12H,3-4,7-11H2,1H3,(H,18,20)/t12-/m0/s1. The third-order valence-corrected chi connectivity index (χ3v) is 4.95. The zero-order valence-electron chi connectivity index (χ0n) is 13.7. The van der Waals surface area contributed by atoms with Crippen molar-refractivity contribution in [3.8, 4) is 11.5 Å². The highest BCUT2D eigenvalue weighted by Crippen LogP contribution is 2.39. The van der Waals surface area contributed by atoms with Crippen LogP contribution in [0.15, 0.2) is 18.2 Å². The lowest BCUT2D eigenvalue weighted by Gasteiger charge is -2.39. The van der Waals surface area contributed by atoms with E-state index in [0.717, 1.165) is 19.4 Å². The van der Waals surface area contributed by atoms with E-state index in [1.165, 1.54) is 0 Å². The number of nitrogens with one attached hydrogen (secondary N) is 1. The van der Waals surface area contributed by atoms with Crippen LogP contribution in [0.25, 0.3) is 0 Å². The molecule has 3 heterocycles. The van der Waals surface area contributed by atoms with Gasteiger partial charge in [-0.05, 0) is 31.9 Å². The number of fused-ring (bicyclic) bond motifs is 1. The van der Waals surface area contributed by atoms with Gasteiger partial charge in [0.05, 0.1) is 18.9 Å². The van der Waals surface area contributed by atoms with Crippen molar-refractivity contribution in [2.24, 2.45) is 5.92 Å². The normalized spacial score (nSPS) is 24.9. The number of likely N-dealkylation sites (tertiary alicyclic amines) is 1. The van der Waals surface area contributed by atoms with Crippen molar-refractivity contribution in [3.63, 3.8) is 0 Å². The van der Waals surface area contributed by atoms with Crippen LogP contribution in [-0.4, -0.2) is 49.8 Å². The van der Waals surface area contributed by atoms with E-state index in [-0.39, 0.29) is 18.7 Å². The second-order valence-electron chi connectivity index (χ2n) is 6.47. The van der Waals surface area contributed by atoms with Gasteiger partial charge in [-0.15, -0.1) is 0 Å². The molecule has 24 heavy (non-hydrogen) atoms. The summed E-state index contributed by atoms with van der Waals surface area (Å²) in [6.45, 7) is 4.74. The van der Waals surface area contributed by atoms with Gasteiger partial charge < -0.3 is 29.2 Å². The lowest BCUT2D eigenvalue weighted by molar-refractivity contribution is -0.189. The third kappa shape index (κ3) is 2.78. The van der Waals surface area contributed by atoms with Crippen LogP contribution in [-0.2, 0) is 9.47 Å². The molecule has 1 atom stereocenters. The van der Waals surface area contributed by atoms with Crippen molar-refractivity contribution in [1.82, 2.24) is 4.90 Å². The molecule has 0 saturated carbocycles. The zero-order chi connectivity index (χ0) is 16.6. The number of hydrogen-bond acceptors (Lipinski definition) is 5. The first-order valence-corrected chi connectivity index (χ1v) is 8.38. The smallest absolute Gasteiger partial charge is 0.321 e. The highest BCUT2D eigenvalue weighted by atomic mass is 16.7. The summed E-state index contributed by atoms with van der Waals surface area (Å²) in [5.74, 6) is 0.850. The van der Waals surface area contributed by atoms with Crippen LogP contribution < -0.4 is 14.8 Å². The molecule has 1 aromatic rings. The number of anilines is 1. The molecule has 7 heteroatoms. The van der Waals surface area contributed by atoms with Gasteiger partial charge in [-0.2, -0.15) is 0 Å². The molecule has 4 rings (SSSR count). The Hall–Kier alpha value is -1.99. The van der Waals surface area contributed by atoms with E-state index in [4.69, 9.17) is 18.9 Å². The Balaban J connectivity index is 1.44. The Morgan fingerprint density at radius 2 is 2.12 bits per heavy atom. The van der Waals surface area contributed by atoms with Gasteiger partial charge in [0.1, 0.15) is 0 Å². The van der Waals surface area contributed by atoms with Crippen LogP contribution in [0.5, 0.6) is 11.5 Å². The number of piperidine rings is 1. The van der Waals surface area contributed by atoms with Gasteiger partial charge in [0.25, 0.3) is 0 Å². The van der Waals surface area contributed by atoms with Crippen LogP contribution in [0, 0.1) is 5.92 Å². The van der Waals surface area contributed by atoms with Gasteiger partial charge in [0.2, 0.25) is 6.79 Å². The molecule has 2 amide bonds. The van der Waals surface area contributed by atoms with Crippen molar-refractivity contribution in [2.75, 3.05) is 38.4 Å². The number of carbonyl (C=O) groups excluding carboxylic acids is 1. The Morgan fingerprint density at radius 1 is 1.29 bits per heavy atom. The number of amides is 2. The van der Waals surface area contributed by atoms with Crippen LogP contribution in [0.3, 0.4) is 0 Å². The molecule has 130 valence electrons. The maximum Gasteiger partial charge on any atom is 0.321 e. The predicted molar refractivity (Wildman–Crippen MR) is 86.2 cm³/mol. The fourth-order valence-electron chi connectivity index (χ4n) is 3.58. The second-order valence-corrected chi connectivity index (χ2v) is 6.47. The molecule has 3 aliphatic rings. The van der Waals surface area contributed by atoms with E-state index in [2.05, 4.69) is 5.32 Å². The highest BCUT2D eigenvalue weighted by Gasteiger charge is 2.42. The fourth-order valence-corrected chi connectivity index (χ4v) is 3.58. The van der Waals surface area contributed by atoms with Crippen molar-refractivity contribution >= 4 is 11.7 Å². The first-order chi connectivity index (χ1) is 11.7. The first-order valence-electron chi connectivity index (χ1n) is 8.38. The van der Waals surface area contributed by atoms with Crippen molar-refractivity contribution < 1.29 is 23.7 Å². The largest absolute Gasteiger partial charge is 0.454 e. The van der Waals surface area contributed by atoms with Gasteiger partial charge in [-0.25, -0.2) is 4.79 Å². The van der Waals surface area contributed by atoms with E-state index in [0.29, 0.717) is 36.9 Å². The topological polar surface area (TPSA) is 69.3 Å². The van der Waals surface area contributed by atoms with E-state index in [9.17, 15) is 4.79 Å². The monoisotopic (exact) mass is 334 g/mol. The summed E-state index contributed by atoms with van der Waals surface area (Å²) in [7, 11) is 0. The quantitative estimate of drug-likeness (QED) is 0.899. The molecule has 0 bridgehead atoms. The number of hydrogen-bond donors (Lipinski definition) is 1.